The number of carboxylic acids is 1. The number of ether oxygens (including phenoxy) is 1. The predicted octanol–water partition coefficient (Wildman–Crippen LogP) is 4.15. The van der Waals surface area contributed by atoms with E-state index in [9.17, 15) is 14.7 Å². The zero-order chi connectivity index (χ0) is 26.7. The third-order valence-electron chi connectivity index (χ3n) is 7.62. The lowest BCUT2D eigenvalue weighted by molar-refractivity contribution is -0.143. The molecule has 38 heavy (non-hydrogen) atoms. The Morgan fingerprint density at radius 2 is 1.95 bits per heavy atom. The van der Waals surface area contributed by atoms with Crippen LogP contribution < -0.4 is 15.4 Å². The molecule has 2 aliphatic rings. The summed E-state index contributed by atoms with van der Waals surface area (Å²) in [6.45, 7) is 5.73. The van der Waals surface area contributed by atoms with Gasteiger partial charge in [0.15, 0.2) is 0 Å². The van der Waals surface area contributed by atoms with Gasteiger partial charge in [0.05, 0.1) is 0 Å². The van der Waals surface area contributed by atoms with Gasteiger partial charge >= 0.3 is 5.97 Å². The zero-order valence-electron chi connectivity index (χ0n) is 22.5. The molecule has 0 radical (unpaired) electrons. The van der Waals surface area contributed by atoms with Crippen LogP contribution in [0.4, 0.5) is 5.82 Å². The van der Waals surface area contributed by atoms with Gasteiger partial charge in [0, 0.05) is 31.2 Å². The second-order valence-electron chi connectivity index (χ2n) is 10.8. The molecule has 206 valence electrons. The molecule has 8 nitrogen and oxygen atoms in total. The average molecular weight is 523 g/mol. The third-order valence-corrected chi connectivity index (χ3v) is 7.62. The highest BCUT2D eigenvalue weighted by Crippen LogP contribution is 2.33. The Hall–Kier alpha value is -3.13. The SMILES string of the molecule is CC1CC(C(=O)NC(CCN(CCCCc2ccc3c(n2)NCCC3)CCOc2ccccc2)C(=O)O)C1. The van der Waals surface area contributed by atoms with Crippen molar-refractivity contribution in [2.45, 2.75) is 64.3 Å². The summed E-state index contributed by atoms with van der Waals surface area (Å²) in [6, 6.07) is 13.2. The number of hydrogen-bond donors (Lipinski definition) is 3. The van der Waals surface area contributed by atoms with Crippen molar-refractivity contribution in [2.75, 3.05) is 38.1 Å². The monoisotopic (exact) mass is 522 g/mol. The standard InChI is InChI=1S/C30H42N4O4/c1-22-20-24(21-22)29(35)33-27(30(36)37)14-17-34(18-19-38-26-10-3-2-4-11-26)16-6-5-9-25-13-12-23-8-7-15-31-28(23)32-25/h2-4,10-13,22,24,27H,5-9,14-21H2,1H3,(H,31,32)(H,33,35)(H,36,37). The number of rotatable bonds is 15. The number of unbranched alkanes of at least 4 members (excludes halogenated alkanes) is 1. The number of carbonyl (C=O) groups is 2. The molecule has 1 unspecified atom stereocenters. The van der Waals surface area contributed by atoms with Crippen molar-refractivity contribution >= 4 is 17.7 Å². The maximum atomic E-state index is 12.5. The van der Waals surface area contributed by atoms with Crippen LogP contribution in [0.25, 0.3) is 0 Å². The summed E-state index contributed by atoms with van der Waals surface area (Å²) in [5.41, 5.74) is 2.41. The molecule has 0 spiro atoms. The first-order valence-electron chi connectivity index (χ1n) is 14.1. The fraction of sp³-hybridized carbons (Fsp3) is 0.567. The van der Waals surface area contributed by atoms with Crippen LogP contribution in [0.1, 0.15) is 56.7 Å². The molecular formula is C30H42N4O4. The normalized spacial score (nSPS) is 19.1. The smallest absolute Gasteiger partial charge is 0.326 e. The lowest BCUT2D eigenvalue weighted by Gasteiger charge is -2.32. The number of anilines is 1. The Kier molecular flexibility index (Phi) is 10.4. The van der Waals surface area contributed by atoms with Crippen LogP contribution >= 0.6 is 0 Å². The van der Waals surface area contributed by atoms with Crippen molar-refractivity contribution in [3.05, 3.63) is 53.7 Å². The second-order valence-corrected chi connectivity index (χ2v) is 10.8. The van der Waals surface area contributed by atoms with E-state index >= 15 is 0 Å². The molecule has 1 aliphatic heterocycles. The quantitative estimate of drug-likeness (QED) is 0.302. The molecule has 2 heterocycles. The molecule has 1 amide bonds. The molecule has 4 rings (SSSR count). The number of nitrogens with zero attached hydrogens (tertiary/aromatic N) is 2. The Labute approximate surface area is 226 Å². The first kappa shape index (κ1) is 27.9. The maximum absolute atomic E-state index is 12.5. The van der Waals surface area contributed by atoms with E-state index in [0.717, 1.165) is 75.3 Å². The number of benzene rings is 1. The van der Waals surface area contributed by atoms with Gasteiger partial charge in [0.2, 0.25) is 5.91 Å². The van der Waals surface area contributed by atoms with E-state index in [1.807, 2.05) is 30.3 Å². The second kappa shape index (κ2) is 14.1. The van der Waals surface area contributed by atoms with E-state index in [-0.39, 0.29) is 11.8 Å². The minimum absolute atomic E-state index is 0.0466. The third kappa shape index (κ3) is 8.45. The molecular weight excluding hydrogens is 480 g/mol. The van der Waals surface area contributed by atoms with Gasteiger partial charge in [-0.1, -0.05) is 31.2 Å². The molecule has 1 saturated carbocycles. The van der Waals surface area contributed by atoms with Gasteiger partial charge in [-0.05, 0) is 87.6 Å². The number of nitrogens with one attached hydrogen (secondary N) is 2. The minimum atomic E-state index is -0.974. The number of para-hydroxylation sites is 1. The van der Waals surface area contributed by atoms with E-state index in [2.05, 4.69) is 34.6 Å². The summed E-state index contributed by atoms with van der Waals surface area (Å²) < 4.78 is 5.90. The van der Waals surface area contributed by atoms with E-state index < -0.39 is 12.0 Å². The van der Waals surface area contributed by atoms with E-state index in [0.29, 0.717) is 32.0 Å². The van der Waals surface area contributed by atoms with Gasteiger partial charge in [0.25, 0.3) is 0 Å². The van der Waals surface area contributed by atoms with Crippen LogP contribution in [0.3, 0.4) is 0 Å². The fourth-order valence-electron chi connectivity index (χ4n) is 5.27. The van der Waals surface area contributed by atoms with Crippen molar-refractivity contribution < 1.29 is 19.4 Å². The highest BCUT2D eigenvalue weighted by atomic mass is 16.5. The predicted molar refractivity (Wildman–Crippen MR) is 148 cm³/mol. The zero-order valence-corrected chi connectivity index (χ0v) is 22.5. The van der Waals surface area contributed by atoms with Crippen LogP contribution in [0.15, 0.2) is 42.5 Å². The number of aliphatic carboxylic acids is 1. The number of amides is 1. The van der Waals surface area contributed by atoms with Crippen molar-refractivity contribution in [1.29, 1.82) is 0 Å². The Balaban J connectivity index is 1.26. The molecule has 1 aromatic heterocycles. The number of aryl methyl sites for hydroxylation is 2. The first-order valence-corrected chi connectivity index (χ1v) is 14.1. The highest BCUT2D eigenvalue weighted by Gasteiger charge is 2.33. The molecule has 1 aromatic carbocycles. The van der Waals surface area contributed by atoms with E-state index in [1.54, 1.807) is 0 Å². The van der Waals surface area contributed by atoms with E-state index in [4.69, 9.17) is 9.72 Å². The van der Waals surface area contributed by atoms with Crippen molar-refractivity contribution in [1.82, 2.24) is 15.2 Å². The van der Waals surface area contributed by atoms with Crippen LogP contribution in [0.2, 0.25) is 0 Å². The number of hydrogen-bond acceptors (Lipinski definition) is 6. The summed E-state index contributed by atoms with van der Waals surface area (Å²) >= 11 is 0. The molecule has 0 saturated heterocycles. The molecule has 0 bridgehead atoms. The van der Waals surface area contributed by atoms with Gasteiger partial charge in [-0.3, -0.25) is 9.69 Å². The summed E-state index contributed by atoms with van der Waals surface area (Å²) in [4.78, 5) is 31.4. The first-order chi connectivity index (χ1) is 18.5. The fourth-order valence-corrected chi connectivity index (χ4v) is 5.27. The van der Waals surface area contributed by atoms with Crippen LogP contribution in [-0.4, -0.2) is 65.7 Å². The van der Waals surface area contributed by atoms with Gasteiger partial charge in [0.1, 0.15) is 24.2 Å². The summed E-state index contributed by atoms with van der Waals surface area (Å²) in [5.74, 6) is 1.26. The molecule has 1 atom stereocenters. The van der Waals surface area contributed by atoms with Crippen LogP contribution in [0, 0.1) is 11.8 Å². The summed E-state index contributed by atoms with van der Waals surface area (Å²) in [5, 5.41) is 15.9. The Morgan fingerprint density at radius 3 is 2.71 bits per heavy atom. The molecule has 1 aliphatic carbocycles. The topological polar surface area (TPSA) is 104 Å². The van der Waals surface area contributed by atoms with Crippen LogP contribution in [-0.2, 0) is 22.4 Å². The molecule has 8 heteroatoms. The van der Waals surface area contributed by atoms with Gasteiger partial charge in [-0.2, -0.15) is 0 Å². The number of carbonyl (C=O) groups excluding carboxylic acids is 1. The maximum Gasteiger partial charge on any atom is 0.326 e. The summed E-state index contributed by atoms with van der Waals surface area (Å²) in [6.07, 6.45) is 7.19. The Morgan fingerprint density at radius 1 is 1.13 bits per heavy atom. The molecule has 3 N–H and O–H groups in total. The van der Waals surface area contributed by atoms with Gasteiger partial charge in [-0.15, -0.1) is 0 Å². The summed E-state index contributed by atoms with van der Waals surface area (Å²) in [7, 11) is 0. The largest absolute Gasteiger partial charge is 0.492 e. The van der Waals surface area contributed by atoms with Crippen molar-refractivity contribution in [2.24, 2.45) is 11.8 Å². The average Bonchev–Trinajstić information content (AvgIpc) is 2.91. The molecule has 2 aromatic rings. The van der Waals surface area contributed by atoms with Crippen LogP contribution in [0.5, 0.6) is 5.75 Å². The number of aromatic nitrogens is 1. The highest BCUT2D eigenvalue weighted by molar-refractivity contribution is 5.85. The van der Waals surface area contributed by atoms with Gasteiger partial charge in [-0.25, -0.2) is 9.78 Å². The lowest BCUT2D eigenvalue weighted by atomic mass is 9.75. The van der Waals surface area contributed by atoms with Crippen molar-refractivity contribution in [3.63, 3.8) is 0 Å². The molecule has 1 fully saturated rings. The number of pyridine rings is 1. The van der Waals surface area contributed by atoms with Crippen molar-refractivity contribution in [3.8, 4) is 5.75 Å². The van der Waals surface area contributed by atoms with Gasteiger partial charge < -0.3 is 20.5 Å². The number of fused-ring (bicyclic) bond motifs is 1. The van der Waals surface area contributed by atoms with E-state index in [1.165, 1.54) is 5.56 Å². The Bertz CT molecular complexity index is 1040. The number of carboxylic acid groups (broad SMARTS) is 1. The lowest BCUT2D eigenvalue weighted by Crippen LogP contribution is -2.48. The minimum Gasteiger partial charge on any atom is -0.492 e.